The summed E-state index contributed by atoms with van der Waals surface area (Å²) in [6.45, 7) is 1.77. The summed E-state index contributed by atoms with van der Waals surface area (Å²) in [6, 6.07) is 6.85. The minimum absolute atomic E-state index is 0.0758. The first kappa shape index (κ1) is 10.4. The number of nitrogens with zero attached hydrogens (tertiary/aromatic N) is 1. The van der Waals surface area contributed by atoms with Crippen molar-refractivity contribution < 1.29 is 4.79 Å². The molecule has 1 aromatic carbocycles. The Hall–Kier alpha value is -1.13. The average molecular weight is 241 g/mol. The van der Waals surface area contributed by atoms with Crippen molar-refractivity contribution >= 4 is 40.5 Å². The summed E-state index contributed by atoms with van der Waals surface area (Å²) in [7, 11) is 0. The highest BCUT2D eigenvalue weighted by Crippen LogP contribution is 2.27. The first-order valence-corrected chi connectivity index (χ1v) is 5.29. The monoisotopic (exact) mass is 240 g/mol. The molecule has 2 rings (SSSR count). The summed E-state index contributed by atoms with van der Waals surface area (Å²) >= 11 is 11.1. The molecule has 1 amide bonds. The van der Waals surface area contributed by atoms with Crippen molar-refractivity contribution in [1.29, 1.82) is 0 Å². The van der Waals surface area contributed by atoms with Crippen molar-refractivity contribution in [3.05, 3.63) is 29.3 Å². The van der Waals surface area contributed by atoms with E-state index in [1.807, 2.05) is 12.1 Å². The summed E-state index contributed by atoms with van der Waals surface area (Å²) in [5.41, 5.74) is 0.631. The van der Waals surface area contributed by atoms with Crippen molar-refractivity contribution in [2.75, 3.05) is 4.90 Å². The Bertz CT molecular complexity index is 435. The molecule has 1 aromatic rings. The lowest BCUT2D eigenvalue weighted by Crippen LogP contribution is -2.30. The zero-order valence-electron chi connectivity index (χ0n) is 8.03. The van der Waals surface area contributed by atoms with E-state index in [2.05, 4.69) is 5.32 Å². The van der Waals surface area contributed by atoms with Gasteiger partial charge >= 0.3 is 0 Å². The third-order valence-electron chi connectivity index (χ3n) is 2.23. The molecule has 0 aliphatic carbocycles. The van der Waals surface area contributed by atoms with Crippen molar-refractivity contribution in [3.63, 3.8) is 0 Å². The Morgan fingerprint density at radius 3 is 2.67 bits per heavy atom. The van der Waals surface area contributed by atoms with Gasteiger partial charge in [-0.1, -0.05) is 23.7 Å². The number of rotatable bonds is 1. The van der Waals surface area contributed by atoms with E-state index < -0.39 is 0 Å². The van der Waals surface area contributed by atoms with Gasteiger partial charge in [-0.2, -0.15) is 0 Å². The molecule has 1 N–H and O–H groups in total. The number of amides is 1. The zero-order chi connectivity index (χ0) is 11.0. The topological polar surface area (TPSA) is 32.3 Å². The predicted molar refractivity (Wildman–Crippen MR) is 64.1 cm³/mol. The Kier molecular flexibility index (Phi) is 2.63. The molecule has 5 heteroatoms. The van der Waals surface area contributed by atoms with Gasteiger partial charge in [-0.15, -0.1) is 0 Å². The fourth-order valence-electron chi connectivity index (χ4n) is 1.47. The maximum Gasteiger partial charge on any atom is 0.255 e. The van der Waals surface area contributed by atoms with Crippen LogP contribution in [-0.2, 0) is 4.79 Å². The second kappa shape index (κ2) is 3.79. The summed E-state index contributed by atoms with van der Waals surface area (Å²) in [4.78, 5) is 13.2. The van der Waals surface area contributed by atoms with Gasteiger partial charge in [0.05, 0.1) is 10.7 Å². The van der Waals surface area contributed by atoms with Crippen LogP contribution in [0, 0.1) is 0 Å². The minimum Gasteiger partial charge on any atom is -0.350 e. The molecule has 15 heavy (non-hydrogen) atoms. The number of hydrogen-bond donors (Lipinski definition) is 1. The molecule has 0 saturated carbocycles. The quantitative estimate of drug-likeness (QED) is 0.762. The smallest absolute Gasteiger partial charge is 0.255 e. The van der Waals surface area contributed by atoms with E-state index in [0.29, 0.717) is 15.8 Å². The lowest BCUT2D eigenvalue weighted by Gasteiger charge is -2.15. The molecule has 0 spiro atoms. The largest absolute Gasteiger partial charge is 0.350 e. The van der Waals surface area contributed by atoms with Gasteiger partial charge in [0.2, 0.25) is 0 Å². The lowest BCUT2D eigenvalue weighted by molar-refractivity contribution is -0.117. The number of hydrogen-bond acceptors (Lipinski definition) is 2. The number of anilines is 1. The molecule has 78 valence electrons. The van der Waals surface area contributed by atoms with Crippen molar-refractivity contribution in [2.24, 2.45) is 0 Å². The number of para-hydroxylation sites is 1. The molecular weight excluding hydrogens is 232 g/mol. The van der Waals surface area contributed by atoms with Crippen LogP contribution in [0.15, 0.2) is 24.3 Å². The SMILES string of the molecule is C[C@@H]1NC(=S)N(c2ccccc2Cl)C1=O. The second-order valence-electron chi connectivity index (χ2n) is 3.30. The molecule has 1 aliphatic rings. The van der Waals surface area contributed by atoms with Gasteiger partial charge in [-0.05, 0) is 31.3 Å². The average Bonchev–Trinajstić information content (AvgIpc) is 2.43. The fraction of sp³-hybridized carbons (Fsp3) is 0.200. The third-order valence-corrected chi connectivity index (χ3v) is 2.85. The van der Waals surface area contributed by atoms with Crippen LogP contribution in [0.25, 0.3) is 0 Å². The van der Waals surface area contributed by atoms with E-state index in [0.717, 1.165) is 0 Å². The second-order valence-corrected chi connectivity index (χ2v) is 4.09. The molecule has 3 nitrogen and oxygen atoms in total. The number of carbonyl (C=O) groups excluding carboxylic acids is 1. The molecule has 0 bridgehead atoms. The van der Waals surface area contributed by atoms with E-state index in [-0.39, 0.29) is 11.9 Å². The van der Waals surface area contributed by atoms with Gasteiger partial charge in [-0.3, -0.25) is 9.69 Å². The molecule has 0 unspecified atom stereocenters. The van der Waals surface area contributed by atoms with Gasteiger partial charge in [0, 0.05) is 0 Å². The summed E-state index contributed by atoms with van der Waals surface area (Å²) in [5, 5.41) is 3.81. The van der Waals surface area contributed by atoms with Crippen LogP contribution < -0.4 is 10.2 Å². The Morgan fingerprint density at radius 2 is 2.13 bits per heavy atom. The van der Waals surface area contributed by atoms with Crippen molar-refractivity contribution in [1.82, 2.24) is 5.32 Å². The van der Waals surface area contributed by atoms with Crippen LogP contribution in [0.2, 0.25) is 5.02 Å². The number of thiocarbonyl (C=S) groups is 1. The number of nitrogens with one attached hydrogen (secondary N) is 1. The molecule has 1 saturated heterocycles. The molecule has 0 aromatic heterocycles. The van der Waals surface area contributed by atoms with Crippen molar-refractivity contribution in [2.45, 2.75) is 13.0 Å². The molecule has 1 fully saturated rings. The van der Waals surface area contributed by atoms with Crippen LogP contribution in [0.3, 0.4) is 0 Å². The molecule has 1 heterocycles. The number of benzene rings is 1. The Labute approximate surface area is 98.0 Å². The van der Waals surface area contributed by atoms with Crippen molar-refractivity contribution in [3.8, 4) is 0 Å². The van der Waals surface area contributed by atoms with Crippen LogP contribution in [0.1, 0.15) is 6.92 Å². The first-order chi connectivity index (χ1) is 7.11. The predicted octanol–water partition coefficient (Wildman–Crippen LogP) is 1.95. The number of carbonyl (C=O) groups is 1. The third kappa shape index (κ3) is 1.70. The van der Waals surface area contributed by atoms with Gasteiger partial charge in [0.15, 0.2) is 5.11 Å². The van der Waals surface area contributed by atoms with Crippen LogP contribution >= 0.6 is 23.8 Å². The molecule has 1 aliphatic heterocycles. The number of halogens is 1. The minimum atomic E-state index is -0.284. The first-order valence-electron chi connectivity index (χ1n) is 4.50. The fourth-order valence-corrected chi connectivity index (χ4v) is 2.05. The van der Waals surface area contributed by atoms with E-state index in [9.17, 15) is 4.79 Å². The molecule has 0 radical (unpaired) electrons. The van der Waals surface area contributed by atoms with Gasteiger partial charge in [-0.25, -0.2) is 0 Å². The summed E-state index contributed by atoms with van der Waals surface area (Å²) in [5.74, 6) is -0.0758. The lowest BCUT2D eigenvalue weighted by atomic mass is 10.2. The van der Waals surface area contributed by atoms with Crippen LogP contribution in [-0.4, -0.2) is 17.1 Å². The zero-order valence-corrected chi connectivity index (χ0v) is 9.60. The maximum absolute atomic E-state index is 11.8. The maximum atomic E-state index is 11.8. The molecule has 1 atom stereocenters. The Balaban J connectivity index is 2.44. The van der Waals surface area contributed by atoms with Crippen LogP contribution in [0.4, 0.5) is 5.69 Å². The van der Waals surface area contributed by atoms with Gasteiger partial charge < -0.3 is 5.32 Å². The van der Waals surface area contributed by atoms with Gasteiger partial charge in [0.1, 0.15) is 6.04 Å². The normalized spacial score (nSPS) is 20.7. The van der Waals surface area contributed by atoms with E-state index in [4.69, 9.17) is 23.8 Å². The van der Waals surface area contributed by atoms with E-state index in [1.54, 1.807) is 19.1 Å². The Morgan fingerprint density at radius 1 is 1.47 bits per heavy atom. The standard InChI is InChI=1S/C10H9ClN2OS/c1-6-9(14)13(10(15)12-6)8-5-3-2-4-7(8)11/h2-6H,1H3,(H,12,15)/t6-/m0/s1. The van der Waals surface area contributed by atoms with E-state index >= 15 is 0 Å². The highest BCUT2D eigenvalue weighted by Gasteiger charge is 2.34. The summed E-state index contributed by atoms with van der Waals surface area (Å²) in [6.07, 6.45) is 0. The highest BCUT2D eigenvalue weighted by molar-refractivity contribution is 7.80. The van der Waals surface area contributed by atoms with Gasteiger partial charge in [0.25, 0.3) is 5.91 Å². The van der Waals surface area contributed by atoms with Crippen LogP contribution in [0.5, 0.6) is 0 Å². The summed E-state index contributed by atoms with van der Waals surface area (Å²) < 4.78 is 0. The highest BCUT2D eigenvalue weighted by atomic mass is 35.5. The molecular formula is C10H9ClN2OS. The van der Waals surface area contributed by atoms with E-state index in [1.165, 1.54) is 4.90 Å².